The van der Waals surface area contributed by atoms with Crippen LogP contribution in [0.15, 0.2) is 78.4 Å². The third-order valence-corrected chi connectivity index (χ3v) is 6.06. The highest BCUT2D eigenvalue weighted by molar-refractivity contribution is 7.80. The lowest BCUT2D eigenvalue weighted by Gasteiger charge is -2.31. The van der Waals surface area contributed by atoms with Crippen molar-refractivity contribution in [3.63, 3.8) is 0 Å². The van der Waals surface area contributed by atoms with E-state index in [4.69, 9.17) is 44.9 Å². The minimum absolute atomic E-state index is 0.265. The van der Waals surface area contributed by atoms with Gasteiger partial charge in [-0.3, -0.25) is 0 Å². The number of hydrogen-bond donors (Lipinski definition) is 2. The molecule has 1 atom stereocenters. The van der Waals surface area contributed by atoms with Crippen LogP contribution < -0.4 is 15.4 Å². The molecule has 0 aliphatic carbocycles. The zero-order valence-electron chi connectivity index (χ0n) is 18.3. The van der Waals surface area contributed by atoms with Crippen LogP contribution in [0.5, 0.6) is 5.75 Å². The highest BCUT2D eigenvalue weighted by Crippen LogP contribution is 2.33. The molecule has 3 aromatic carbocycles. The summed E-state index contributed by atoms with van der Waals surface area (Å²) in [5.74, 6) is 0.253. The molecule has 0 bridgehead atoms. The van der Waals surface area contributed by atoms with Crippen LogP contribution in [0.3, 0.4) is 0 Å². The summed E-state index contributed by atoms with van der Waals surface area (Å²) in [6.45, 7) is 2.35. The van der Waals surface area contributed by atoms with E-state index in [1.165, 1.54) is 0 Å². The van der Waals surface area contributed by atoms with Crippen molar-refractivity contribution in [2.45, 2.75) is 19.6 Å². The van der Waals surface area contributed by atoms with Gasteiger partial charge in [-0.2, -0.15) is 0 Å². The number of thiocarbonyl (C=S) groups is 1. The van der Waals surface area contributed by atoms with E-state index in [1.807, 2.05) is 60.7 Å². The van der Waals surface area contributed by atoms with Crippen molar-refractivity contribution < 1.29 is 14.3 Å². The molecule has 1 aliphatic rings. The molecule has 1 heterocycles. The van der Waals surface area contributed by atoms with Crippen LogP contribution in [-0.4, -0.2) is 17.7 Å². The zero-order valence-corrected chi connectivity index (χ0v) is 20.6. The summed E-state index contributed by atoms with van der Waals surface area (Å²) >= 11 is 17.6. The van der Waals surface area contributed by atoms with E-state index in [1.54, 1.807) is 19.1 Å². The van der Waals surface area contributed by atoms with Gasteiger partial charge in [0.1, 0.15) is 12.4 Å². The number of hydrogen-bond acceptors (Lipinski definition) is 4. The quantitative estimate of drug-likeness (QED) is 0.296. The Labute approximate surface area is 213 Å². The molecule has 0 saturated heterocycles. The Hall–Kier alpha value is -3.06. The molecule has 0 amide bonds. The van der Waals surface area contributed by atoms with Gasteiger partial charge < -0.3 is 20.1 Å². The van der Waals surface area contributed by atoms with Crippen LogP contribution in [-0.2, 0) is 16.1 Å². The summed E-state index contributed by atoms with van der Waals surface area (Å²) in [4.78, 5) is 13.0. The maximum Gasteiger partial charge on any atom is 0.338 e. The van der Waals surface area contributed by atoms with E-state index in [-0.39, 0.29) is 6.61 Å². The zero-order chi connectivity index (χ0) is 24.1. The second-order valence-electron chi connectivity index (χ2n) is 7.50. The molecule has 0 radical (unpaired) electrons. The molecule has 3 aromatic rings. The number of ether oxygens (including phenoxy) is 2. The highest BCUT2D eigenvalue weighted by Gasteiger charge is 2.33. The second kappa shape index (κ2) is 10.9. The number of carbonyl (C=O) groups excluding carboxylic acids is 1. The summed E-state index contributed by atoms with van der Waals surface area (Å²) < 4.78 is 11.3. The van der Waals surface area contributed by atoms with Crippen LogP contribution in [0, 0.1) is 0 Å². The Balaban J connectivity index is 1.62. The second-order valence-corrected chi connectivity index (χ2v) is 8.75. The SMILES string of the molecule is CCOC(=O)C1=C(c2ccccc2)NC(=S)N[C@@H]1c1ccc(OCc2ccc(Cl)cc2Cl)cc1. The van der Waals surface area contributed by atoms with Gasteiger partial charge in [-0.05, 0) is 54.5 Å². The van der Waals surface area contributed by atoms with Gasteiger partial charge in [0.15, 0.2) is 5.11 Å². The number of benzene rings is 3. The average molecular weight is 513 g/mol. The van der Waals surface area contributed by atoms with Gasteiger partial charge in [0.25, 0.3) is 0 Å². The Kier molecular flexibility index (Phi) is 7.73. The molecule has 4 rings (SSSR count). The van der Waals surface area contributed by atoms with Crippen molar-refractivity contribution in [3.8, 4) is 5.75 Å². The van der Waals surface area contributed by atoms with Crippen molar-refractivity contribution >= 4 is 52.2 Å². The Bertz CT molecular complexity index is 1230. The minimum atomic E-state index is -0.484. The van der Waals surface area contributed by atoms with Gasteiger partial charge in [0.2, 0.25) is 0 Å². The lowest BCUT2D eigenvalue weighted by Crippen LogP contribution is -2.45. The summed E-state index contributed by atoms with van der Waals surface area (Å²) in [6.07, 6.45) is 0. The number of rotatable bonds is 7. The molecule has 174 valence electrons. The Morgan fingerprint density at radius 2 is 1.76 bits per heavy atom. The van der Waals surface area contributed by atoms with Crippen LogP contribution in [0.4, 0.5) is 0 Å². The largest absolute Gasteiger partial charge is 0.489 e. The maximum absolute atomic E-state index is 13.0. The van der Waals surface area contributed by atoms with E-state index in [0.29, 0.717) is 38.8 Å². The van der Waals surface area contributed by atoms with E-state index in [0.717, 1.165) is 16.7 Å². The molecule has 0 saturated carbocycles. The Morgan fingerprint density at radius 1 is 1.03 bits per heavy atom. The molecule has 1 aliphatic heterocycles. The number of esters is 1. The smallest absolute Gasteiger partial charge is 0.338 e. The molecule has 0 unspecified atom stereocenters. The summed E-state index contributed by atoms with van der Waals surface area (Å²) in [5.41, 5.74) is 3.62. The van der Waals surface area contributed by atoms with Gasteiger partial charge in [0.05, 0.1) is 23.9 Å². The fraction of sp³-hybridized carbons (Fsp3) is 0.154. The summed E-state index contributed by atoms with van der Waals surface area (Å²) in [5, 5.41) is 7.89. The van der Waals surface area contributed by atoms with Gasteiger partial charge in [-0.1, -0.05) is 71.7 Å². The molecular weight excluding hydrogens is 491 g/mol. The lowest BCUT2D eigenvalue weighted by atomic mass is 9.93. The normalized spacial score (nSPS) is 15.4. The standard InChI is InChI=1S/C26H22Cl2N2O3S/c1-2-32-25(31)22-23(16-6-4-3-5-7-16)29-26(34)30-24(22)17-9-12-20(13-10-17)33-15-18-8-11-19(27)14-21(18)28/h3-14,24H,2,15H2,1H3,(H2,29,30,34)/t24-/m1/s1. The average Bonchev–Trinajstić information content (AvgIpc) is 2.84. The fourth-order valence-corrected chi connectivity index (χ4v) is 4.32. The van der Waals surface area contributed by atoms with Gasteiger partial charge in [-0.25, -0.2) is 4.79 Å². The predicted octanol–water partition coefficient (Wildman–Crippen LogP) is 6.07. The van der Waals surface area contributed by atoms with E-state index in [9.17, 15) is 4.79 Å². The molecule has 0 aromatic heterocycles. The van der Waals surface area contributed by atoms with Gasteiger partial charge >= 0.3 is 5.97 Å². The van der Waals surface area contributed by atoms with Crippen molar-refractivity contribution in [1.82, 2.24) is 10.6 Å². The topological polar surface area (TPSA) is 59.6 Å². The van der Waals surface area contributed by atoms with Crippen molar-refractivity contribution in [2.24, 2.45) is 0 Å². The molecule has 0 fully saturated rings. The van der Waals surface area contributed by atoms with Gasteiger partial charge in [-0.15, -0.1) is 0 Å². The lowest BCUT2D eigenvalue weighted by molar-refractivity contribution is -0.138. The monoisotopic (exact) mass is 512 g/mol. The molecule has 2 N–H and O–H groups in total. The van der Waals surface area contributed by atoms with Crippen LogP contribution in [0.2, 0.25) is 10.0 Å². The molecule has 0 spiro atoms. The number of halogens is 2. The minimum Gasteiger partial charge on any atom is -0.489 e. The first-order chi connectivity index (χ1) is 16.5. The maximum atomic E-state index is 13.0. The predicted molar refractivity (Wildman–Crippen MR) is 139 cm³/mol. The molecule has 5 nitrogen and oxygen atoms in total. The number of carbonyl (C=O) groups is 1. The van der Waals surface area contributed by atoms with Crippen LogP contribution in [0.1, 0.15) is 29.7 Å². The van der Waals surface area contributed by atoms with E-state index in [2.05, 4.69) is 10.6 Å². The molecule has 8 heteroatoms. The third-order valence-electron chi connectivity index (χ3n) is 5.25. The first-order valence-corrected chi connectivity index (χ1v) is 11.8. The Morgan fingerprint density at radius 3 is 2.44 bits per heavy atom. The first-order valence-electron chi connectivity index (χ1n) is 10.7. The van der Waals surface area contributed by atoms with Gasteiger partial charge in [0, 0.05) is 15.6 Å². The first kappa shape index (κ1) is 24.1. The summed E-state index contributed by atoms with van der Waals surface area (Å²) in [6, 6.07) is 21.9. The van der Waals surface area contributed by atoms with Crippen molar-refractivity contribution in [1.29, 1.82) is 0 Å². The third kappa shape index (κ3) is 5.53. The fourth-order valence-electron chi connectivity index (χ4n) is 3.63. The number of nitrogens with one attached hydrogen (secondary N) is 2. The van der Waals surface area contributed by atoms with E-state index < -0.39 is 12.0 Å². The highest BCUT2D eigenvalue weighted by atomic mass is 35.5. The van der Waals surface area contributed by atoms with Crippen molar-refractivity contribution in [3.05, 3.63) is 105 Å². The van der Waals surface area contributed by atoms with Crippen LogP contribution in [0.25, 0.3) is 5.70 Å². The summed E-state index contributed by atoms with van der Waals surface area (Å²) in [7, 11) is 0. The molecular formula is C26H22Cl2N2O3S. The van der Waals surface area contributed by atoms with E-state index >= 15 is 0 Å². The van der Waals surface area contributed by atoms with Crippen LogP contribution >= 0.6 is 35.4 Å². The molecule has 34 heavy (non-hydrogen) atoms. The van der Waals surface area contributed by atoms with Crippen molar-refractivity contribution in [2.75, 3.05) is 6.61 Å².